The van der Waals surface area contributed by atoms with E-state index in [4.69, 9.17) is 4.18 Å². The van der Waals surface area contributed by atoms with Gasteiger partial charge in [-0.25, -0.2) is 9.17 Å². The van der Waals surface area contributed by atoms with Crippen molar-refractivity contribution in [2.45, 2.75) is 6.92 Å². The Hall–Kier alpha value is -2.40. The Kier molecular flexibility index (Phi) is 6.35. The molecule has 0 amide bonds. The molecule has 1 aromatic heterocycles. The molecule has 28 heavy (non-hydrogen) atoms. The van der Waals surface area contributed by atoms with Gasteiger partial charge in [0.15, 0.2) is 0 Å². The summed E-state index contributed by atoms with van der Waals surface area (Å²) in [5.74, 6) is 0. The monoisotopic (exact) mass is 420 g/mol. The molecule has 0 atom stereocenters. The minimum absolute atomic E-state index is 0.00914. The summed E-state index contributed by atoms with van der Waals surface area (Å²) in [7, 11) is -1.01. The number of nitrogens with zero attached hydrogens (tertiary/aromatic N) is 4. The number of para-hydroxylation sites is 1. The number of rotatable bonds is 8. The first-order valence-corrected chi connectivity index (χ1v) is 10.6. The normalized spacial score (nSPS) is 12.1. The molecule has 0 radical (unpaired) electrons. The van der Waals surface area contributed by atoms with Gasteiger partial charge in [-0.3, -0.25) is 4.18 Å². The molecule has 0 saturated heterocycles. The number of hydrogen-bond acceptors (Lipinski definition) is 9. The molecule has 0 unspecified atom stereocenters. The van der Waals surface area contributed by atoms with Crippen molar-refractivity contribution in [2.24, 2.45) is 10.2 Å². The minimum atomic E-state index is -3.91. The average Bonchev–Trinajstić information content (AvgIpc) is 3.09. The number of benzene rings is 2. The highest BCUT2D eigenvalue weighted by Crippen LogP contribution is 2.30. The summed E-state index contributed by atoms with van der Waals surface area (Å²) < 4.78 is 32.4. The second kappa shape index (κ2) is 8.74. The van der Waals surface area contributed by atoms with Crippen molar-refractivity contribution in [2.75, 3.05) is 32.2 Å². The highest BCUT2D eigenvalue weighted by molar-refractivity contribution is 7.81. The van der Waals surface area contributed by atoms with E-state index < -0.39 is 10.4 Å². The molecule has 148 valence electrons. The molecule has 0 aliphatic heterocycles. The average molecular weight is 421 g/mol. The SMILES string of the molecule is COS(=O)(=O)OCCN(C)c1ccc(N=Nc2nc3ccccc3s2)c(C)c1. The van der Waals surface area contributed by atoms with Gasteiger partial charge in [-0.1, -0.05) is 23.5 Å². The fourth-order valence-corrected chi connectivity index (χ4v) is 3.60. The summed E-state index contributed by atoms with van der Waals surface area (Å²) in [5, 5.41) is 9.17. The standard InChI is InChI=1S/C18H20N4O4S2/c1-13-12-14(22(2)10-11-26-28(23,24)25-3)8-9-15(13)20-21-18-19-16-6-4-5-7-17(16)27-18/h4-9,12H,10-11H2,1-3H3. The van der Waals surface area contributed by atoms with Gasteiger partial charge in [0.1, 0.15) is 0 Å². The quantitative estimate of drug-likeness (QED) is 0.503. The number of hydrogen-bond donors (Lipinski definition) is 0. The van der Waals surface area contributed by atoms with E-state index in [0.29, 0.717) is 11.7 Å². The molecule has 0 bridgehead atoms. The third kappa shape index (κ3) is 5.10. The fraction of sp³-hybridized carbons (Fsp3) is 0.278. The van der Waals surface area contributed by atoms with E-state index in [1.165, 1.54) is 11.3 Å². The zero-order chi connectivity index (χ0) is 20.1. The molecule has 8 nitrogen and oxygen atoms in total. The Balaban J connectivity index is 1.66. The highest BCUT2D eigenvalue weighted by Gasteiger charge is 2.10. The number of fused-ring (bicyclic) bond motifs is 1. The maximum Gasteiger partial charge on any atom is 0.399 e. The number of anilines is 1. The van der Waals surface area contributed by atoms with Crippen molar-refractivity contribution < 1.29 is 16.8 Å². The molecular weight excluding hydrogens is 400 g/mol. The second-order valence-electron chi connectivity index (χ2n) is 5.95. The van der Waals surface area contributed by atoms with Crippen LogP contribution in [0.1, 0.15) is 5.56 Å². The second-order valence-corrected chi connectivity index (χ2v) is 8.35. The number of aromatic nitrogens is 1. The van der Waals surface area contributed by atoms with Gasteiger partial charge < -0.3 is 4.90 Å². The van der Waals surface area contributed by atoms with Crippen molar-refractivity contribution in [1.82, 2.24) is 4.98 Å². The van der Waals surface area contributed by atoms with Gasteiger partial charge in [-0.2, -0.15) is 8.42 Å². The van der Waals surface area contributed by atoms with E-state index in [-0.39, 0.29) is 6.61 Å². The molecule has 0 fully saturated rings. The summed E-state index contributed by atoms with van der Waals surface area (Å²) in [6, 6.07) is 13.6. The van der Waals surface area contributed by atoms with Crippen molar-refractivity contribution in [3.63, 3.8) is 0 Å². The molecule has 0 N–H and O–H groups in total. The lowest BCUT2D eigenvalue weighted by atomic mass is 10.1. The molecule has 10 heteroatoms. The van der Waals surface area contributed by atoms with Gasteiger partial charge in [-0.05, 0) is 42.8 Å². The smallest absolute Gasteiger partial charge is 0.372 e. The van der Waals surface area contributed by atoms with E-state index in [9.17, 15) is 8.42 Å². The van der Waals surface area contributed by atoms with Gasteiger partial charge in [0, 0.05) is 19.3 Å². The van der Waals surface area contributed by atoms with Crippen molar-refractivity contribution in [1.29, 1.82) is 0 Å². The van der Waals surface area contributed by atoms with Crippen LogP contribution in [0.3, 0.4) is 0 Å². The molecule has 0 saturated carbocycles. The molecular formula is C18H20N4O4S2. The van der Waals surface area contributed by atoms with E-state index >= 15 is 0 Å². The summed E-state index contributed by atoms with van der Waals surface area (Å²) in [5.41, 5.74) is 3.51. The topological polar surface area (TPSA) is 93.5 Å². The number of azo groups is 1. The van der Waals surface area contributed by atoms with Gasteiger partial charge >= 0.3 is 10.4 Å². The van der Waals surface area contributed by atoms with Crippen LogP contribution in [0.5, 0.6) is 0 Å². The largest absolute Gasteiger partial charge is 0.399 e. The lowest BCUT2D eigenvalue weighted by molar-refractivity contribution is 0.248. The van der Waals surface area contributed by atoms with Crippen LogP contribution >= 0.6 is 11.3 Å². The van der Waals surface area contributed by atoms with E-state index in [1.807, 2.05) is 61.3 Å². The Morgan fingerprint density at radius 2 is 1.96 bits per heavy atom. The minimum Gasteiger partial charge on any atom is -0.372 e. The molecule has 3 aromatic rings. The zero-order valence-corrected chi connectivity index (χ0v) is 17.3. The van der Waals surface area contributed by atoms with Crippen LogP contribution < -0.4 is 4.90 Å². The van der Waals surface area contributed by atoms with Gasteiger partial charge in [0.25, 0.3) is 0 Å². The predicted molar refractivity (Wildman–Crippen MR) is 110 cm³/mol. The number of thiazole rings is 1. The molecule has 1 heterocycles. The van der Waals surface area contributed by atoms with Crippen LogP contribution in [0.15, 0.2) is 52.7 Å². The molecule has 0 aliphatic rings. The molecule has 2 aromatic carbocycles. The Bertz CT molecular complexity index is 1060. The van der Waals surface area contributed by atoms with Crippen molar-refractivity contribution >= 4 is 48.5 Å². The van der Waals surface area contributed by atoms with Gasteiger partial charge in [-0.15, -0.1) is 10.2 Å². The summed E-state index contributed by atoms with van der Waals surface area (Å²) >= 11 is 1.49. The maximum absolute atomic E-state index is 11.2. The molecule has 0 aliphatic carbocycles. The number of aryl methyl sites for hydroxylation is 1. The third-order valence-electron chi connectivity index (χ3n) is 4.01. The Morgan fingerprint density at radius 3 is 2.68 bits per heavy atom. The maximum atomic E-state index is 11.2. The van der Waals surface area contributed by atoms with E-state index in [1.54, 1.807) is 0 Å². The third-order valence-corrected chi connectivity index (χ3v) is 5.79. The predicted octanol–water partition coefficient (Wildman–Crippen LogP) is 4.36. The summed E-state index contributed by atoms with van der Waals surface area (Å²) in [4.78, 5) is 6.32. The Morgan fingerprint density at radius 1 is 1.18 bits per heavy atom. The first-order chi connectivity index (χ1) is 13.4. The van der Waals surface area contributed by atoms with Crippen LogP contribution in [0.4, 0.5) is 16.5 Å². The van der Waals surface area contributed by atoms with Crippen LogP contribution in [-0.4, -0.2) is 40.7 Å². The van der Waals surface area contributed by atoms with Crippen molar-refractivity contribution in [3.05, 3.63) is 48.0 Å². The van der Waals surface area contributed by atoms with Crippen LogP contribution in [0.2, 0.25) is 0 Å². The molecule has 0 spiro atoms. The summed E-state index contributed by atoms with van der Waals surface area (Å²) in [6.45, 7) is 2.31. The first kappa shape index (κ1) is 20.3. The lowest BCUT2D eigenvalue weighted by Crippen LogP contribution is -2.24. The van der Waals surface area contributed by atoms with Crippen LogP contribution in [0.25, 0.3) is 10.2 Å². The van der Waals surface area contributed by atoms with Gasteiger partial charge in [0.05, 0.1) is 29.6 Å². The number of likely N-dealkylation sites (N-methyl/N-ethyl adjacent to an activating group) is 1. The highest BCUT2D eigenvalue weighted by atomic mass is 32.3. The van der Waals surface area contributed by atoms with Crippen LogP contribution in [-0.2, 0) is 18.8 Å². The molecule has 3 rings (SSSR count). The fourth-order valence-electron chi connectivity index (χ4n) is 2.44. The van der Waals surface area contributed by atoms with Crippen molar-refractivity contribution in [3.8, 4) is 0 Å². The zero-order valence-electron chi connectivity index (χ0n) is 15.7. The summed E-state index contributed by atoms with van der Waals surface area (Å²) in [6.07, 6.45) is 0. The lowest BCUT2D eigenvalue weighted by Gasteiger charge is -2.19. The van der Waals surface area contributed by atoms with Gasteiger partial charge in [0.2, 0.25) is 5.13 Å². The van der Waals surface area contributed by atoms with E-state index in [2.05, 4.69) is 19.4 Å². The van der Waals surface area contributed by atoms with E-state index in [0.717, 1.165) is 34.3 Å². The Labute approximate surface area is 167 Å². The first-order valence-electron chi connectivity index (χ1n) is 8.42. The van der Waals surface area contributed by atoms with Crippen LogP contribution in [0, 0.1) is 6.92 Å².